The van der Waals surface area contributed by atoms with E-state index in [0.717, 1.165) is 39.0 Å². The fourth-order valence-corrected chi connectivity index (χ4v) is 3.16. The van der Waals surface area contributed by atoms with Crippen LogP contribution in [0.25, 0.3) is 22.6 Å². The Morgan fingerprint density at radius 2 is 1.82 bits per heavy atom. The van der Waals surface area contributed by atoms with Gasteiger partial charge in [0.25, 0.3) is 0 Å². The quantitative estimate of drug-likeness (QED) is 0.468. The molecule has 4 nitrogen and oxygen atoms in total. The molecule has 1 heterocycles. The van der Waals surface area contributed by atoms with Crippen molar-refractivity contribution < 1.29 is 9.21 Å². The number of benzene rings is 3. The number of hydrogen-bond donors (Lipinski definition) is 1. The van der Waals surface area contributed by atoms with E-state index >= 15 is 0 Å². The Balaban J connectivity index is 1.57. The molecule has 3 aromatic carbocycles. The maximum atomic E-state index is 12.5. The molecule has 0 saturated carbocycles. The summed E-state index contributed by atoms with van der Waals surface area (Å²) in [6.07, 6.45) is 0.281. The number of oxazole rings is 1. The number of nitrogens with one attached hydrogen (secondary N) is 1. The Morgan fingerprint density at radius 3 is 2.61 bits per heavy atom. The molecule has 1 N–H and O–H groups in total. The molecule has 5 heteroatoms. The third kappa shape index (κ3) is 3.92. The van der Waals surface area contributed by atoms with Crippen molar-refractivity contribution in [2.24, 2.45) is 0 Å². The topological polar surface area (TPSA) is 55.1 Å². The molecule has 4 rings (SSSR count). The first kappa shape index (κ1) is 18.3. The van der Waals surface area contributed by atoms with Crippen LogP contribution in [0.4, 0.5) is 5.69 Å². The molecule has 0 radical (unpaired) electrons. The van der Waals surface area contributed by atoms with E-state index in [0.29, 0.717) is 10.9 Å². The van der Waals surface area contributed by atoms with Crippen molar-refractivity contribution in [1.82, 2.24) is 4.98 Å². The summed E-state index contributed by atoms with van der Waals surface area (Å²) in [6.45, 7) is 3.98. The Kier molecular flexibility index (Phi) is 4.88. The smallest absolute Gasteiger partial charge is 0.228 e. The van der Waals surface area contributed by atoms with E-state index in [1.807, 2.05) is 62.4 Å². The molecule has 0 aliphatic carbocycles. The van der Waals surface area contributed by atoms with Gasteiger partial charge in [-0.15, -0.1) is 0 Å². The van der Waals surface area contributed by atoms with Crippen LogP contribution in [0.15, 0.2) is 65.1 Å². The van der Waals surface area contributed by atoms with Gasteiger partial charge < -0.3 is 9.73 Å². The summed E-state index contributed by atoms with van der Waals surface area (Å²) in [6, 6.07) is 19.0. The van der Waals surface area contributed by atoms with Gasteiger partial charge >= 0.3 is 0 Å². The standard InChI is InChI=1S/C23H19ClN2O2/c1-14-3-10-21-20(11-14)26-23(28-21)17-7-4-15(2)19(13-17)25-22(27)12-16-5-8-18(24)9-6-16/h3-11,13H,12H2,1-2H3,(H,25,27). The number of carbonyl (C=O) groups excluding carboxylic acids is 1. The Labute approximate surface area is 168 Å². The summed E-state index contributed by atoms with van der Waals surface area (Å²) in [5.41, 5.74) is 6.14. The number of hydrogen-bond acceptors (Lipinski definition) is 3. The van der Waals surface area contributed by atoms with Crippen molar-refractivity contribution in [3.05, 3.63) is 82.4 Å². The number of nitrogens with zero attached hydrogens (tertiary/aromatic N) is 1. The summed E-state index contributed by atoms with van der Waals surface area (Å²) in [7, 11) is 0. The number of aromatic nitrogens is 1. The Bertz CT molecular complexity index is 1160. The number of anilines is 1. The van der Waals surface area contributed by atoms with E-state index < -0.39 is 0 Å². The molecule has 0 fully saturated rings. The van der Waals surface area contributed by atoms with Crippen LogP contribution in [-0.2, 0) is 11.2 Å². The molecule has 0 saturated heterocycles. The zero-order chi connectivity index (χ0) is 19.7. The van der Waals surface area contributed by atoms with Crippen molar-refractivity contribution >= 4 is 34.3 Å². The number of fused-ring (bicyclic) bond motifs is 1. The van der Waals surface area contributed by atoms with Gasteiger partial charge in [0, 0.05) is 16.3 Å². The Morgan fingerprint density at radius 1 is 1.04 bits per heavy atom. The maximum absolute atomic E-state index is 12.5. The normalized spacial score (nSPS) is 11.0. The lowest BCUT2D eigenvalue weighted by Crippen LogP contribution is -2.15. The van der Waals surface area contributed by atoms with E-state index in [-0.39, 0.29) is 12.3 Å². The van der Waals surface area contributed by atoms with Crippen LogP contribution in [-0.4, -0.2) is 10.9 Å². The van der Waals surface area contributed by atoms with Gasteiger partial charge in [0.15, 0.2) is 5.58 Å². The second kappa shape index (κ2) is 7.49. The summed E-state index contributed by atoms with van der Waals surface area (Å²) in [4.78, 5) is 17.0. The number of amides is 1. The minimum Gasteiger partial charge on any atom is -0.436 e. The lowest BCUT2D eigenvalue weighted by molar-refractivity contribution is -0.115. The lowest BCUT2D eigenvalue weighted by atomic mass is 10.1. The predicted molar refractivity (Wildman–Crippen MR) is 113 cm³/mol. The van der Waals surface area contributed by atoms with Crippen molar-refractivity contribution in [1.29, 1.82) is 0 Å². The van der Waals surface area contributed by atoms with Gasteiger partial charge in [0.05, 0.1) is 6.42 Å². The molecule has 1 aromatic heterocycles. The monoisotopic (exact) mass is 390 g/mol. The van der Waals surface area contributed by atoms with E-state index in [9.17, 15) is 4.79 Å². The van der Waals surface area contributed by atoms with Crippen LogP contribution in [0.1, 0.15) is 16.7 Å². The average molecular weight is 391 g/mol. The van der Waals surface area contributed by atoms with Crippen LogP contribution in [0.5, 0.6) is 0 Å². The summed E-state index contributed by atoms with van der Waals surface area (Å²) >= 11 is 5.90. The molecule has 4 aromatic rings. The fourth-order valence-electron chi connectivity index (χ4n) is 3.03. The largest absolute Gasteiger partial charge is 0.436 e. The maximum Gasteiger partial charge on any atom is 0.228 e. The SMILES string of the molecule is Cc1ccc2oc(-c3ccc(C)c(NC(=O)Cc4ccc(Cl)cc4)c3)nc2c1. The highest BCUT2D eigenvalue weighted by atomic mass is 35.5. The van der Waals surface area contributed by atoms with Crippen molar-refractivity contribution in [2.45, 2.75) is 20.3 Å². The molecule has 1 amide bonds. The van der Waals surface area contributed by atoms with E-state index in [1.54, 1.807) is 12.1 Å². The van der Waals surface area contributed by atoms with Gasteiger partial charge in [-0.3, -0.25) is 4.79 Å². The zero-order valence-electron chi connectivity index (χ0n) is 15.6. The van der Waals surface area contributed by atoms with Gasteiger partial charge in [0.1, 0.15) is 5.52 Å². The van der Waals surface area contributed by atoms with E-state index in [2.05, 4.69) is 10.3 Å². The lowest BCUT2D eigenvalue weighted by Gasteiger charge is -2.10. The van der Waals surface area contributed by atoms with Gasteiger partial charge in [-0.05, 0) is 66.9 Å². The molecule has 0 atom stereocenters. The van der Waals surface area contributed by atoms with Crippen molar-refractivity contribution in [2.75, 3.05) is 5.32 Å². The third-order valence-corrected chi connectivity index (χ3v) is 4.83. The fraction of sp³-hybridized carbons (Fsp3) is 0.130. The summed E-state index contributed by atoms with van der Waals surface area (Å²) in [5, 5.41) is 3.64. The molecule has 0 spiro atoms. The zero-order valence-corrected chi connectivity index (χ0v) is 16.4. The average Bonchev–Trinajstić information content (AvgIpc) is 3.08. The first-order chi connectivity index (χ1) is 13.5. The molecular weight excluding hydrogens is 372 g/mol. The van der Waals surface area contributed by atoms with Gasteiger partial charge in [-0.1, -0.05) is 35.9 Å². The van der Waals surface area contributed by atoms with E-state index in [1.165, 1.54) is 0 Å². The molecular formula is C23H19ClN2O2. The van der Waals surface area contributed by atoms with Crippen LogP contribution in [0.3, 0.4) is 0 Å². The summed E-state index contributed by atoms with van der Waals surface area (Å²) in [5.74, 6) is 0.449. The summed E-state index contributed by atoms with van der Waals surface area (Å²) < 4.78 is 5.88. The number of halogens is 1. The van der Waals surface area contributed by atoms with Crippen LogP contribution in [0, 0.1) is 13.8 Å². The number of aryl methyl sites for hydroxylation is 2. The van der Waals surface area contributed by atoms with E-state index in [4.69, 9.17) is 16.0 Å². The van der Waals surface area contributed by atoms with Crippen LogP contribution >= 0.6 is 11.6 Å². The first-order valence-corrected chi connectivity index (χ1v) is 9.38. The highest BCUT2D eigenvalue weighted by Crippen LogP contribution is 2.28. The molecule has 28 heavy (non-hydrogen) atoms. The number of rotatable bonds is 4. The second-order valence-corrected chi connectivity index (χ2v) is 7.31. The highest BCUT2D eigenvalue weighted by molar-refractivity contribution is 6.30. The first-order valence-electron chi connectivity index (χ1n) is 9.00. The Hall–Kier alpha value is -3.11. The van der Waals surface area contributed by atoms with Gasteiger partial charge in [-0.25, -0.2) is 4.98 Å². The molecule has 0 unspecified atom stereocenters. The third-order valence-electron chi connectivity index (χ3n) is 4.58. The van der Waals surface area contributed by atoms with Crippen LogP contribution < -0.4 is 5.32 Å². The second-order valence-electron chi connectivity index (χ2n) is 6.87. The van der Waals surface area contributed by atoms with Gasteiger partial charge in [0.2, 0.25) is 11.8 Å². The van der Waals surface area contributed by atoms with Crippen molar-refractivity contribution in [3.63, 3.8) is 0 Å². The molecule has 0 bridgehead atoms. The predicted octanol–water partition coefficient (Wildman–Crippen LogP) is 5.95. The minimum absolute atomic E-state index is 0.0873. The molecule has 140 valence electrons. The van der Waals surface area contributed by atoms with Crippen LogP contribution in [0.2, 0.25) is 5.02 Å². The van der Waals surface area contributed by atoms with Gasteiger partial charge in [-0.2, -0.15) is 0 Å². The number of carbonyl (C=O) groups is 1. The molecule has 0 aliphatic rings. The minimum atomic E-state index is -0.0873. The molecule has 0 aliphatic heterocycles. The van der Waals surface area contributed by atoms with Crippen molar-refractivity contribution in [3.8, 4) is 11.5 Å². The highest BCUT2D eigenvalue weighted by Gasteiger charge is 2.12.